The summed E-state index contributed by atoms with van der Waals surface area (Å²) in [5.74, 6) is 1.05. The molecule has 0 bridgehead atoms. The molecular weight excluding hydrogens is 132 g/mol. The highest BCUT2D eigenvalue weighted by atomic mass is 14.1. The first kappa shape index (κ1) is 17.0. The predicted octanol–water partition coefficient (Wildman–Crippen LogP) is 4.66. The van der Waals surface area contributed by atoms with Crippen LogP contribution < -0.4 is 0 Å². The molecule has 0 amide bonds. The molecule has 0 aromatic rings. The monoisotopic (exact) mass is 158 g/mol. The normalized spacial score (nSPS) is 14.8. The maximum atomic E-state index is 3.00. The minimum absolute atomic E-state index is 0. The smallest absolute Gasteiger partial charge is 0.0443 e. The fourth-order valence-corrected chi connectivity index (χ4v) is 1.13. The van der Waals surface area contributed by atoms with Gasteiger partial charge in [0.15, 0.2) is 0 Å². The molecule has 1 fully saturated rings. The molecule has 0 radical (unpaired) electrons. The minimum atomic E-state index is 0. The molecule has 0 heterocycles. The lowest BCUT2D eigenvalue weighted by molar-refractivity contribution is 0.612. The highest BCUT2D eigenvalue weighted by Crippen LogP contribution is 2.22. The second kappa shape index (κ2) is 16.4. The second-order valence-corrected chi connectivity index (χ2v) is 2.39. The van der Waals surface area contributed by atoms with Crippen LogP contribution in [0.15, 0.2) is 13.2 Å². The van der Waals surface area contributed by atoms with Gasteiger partial charge in [0.2, 0.25) is 0 Å². The van der Waals surface area contributed by atoms with E-state index < -0.39 is 0 Å². The molecule has 1 rings (SSSR count). The Balaban J connectivity index is -0.000000114. The van der Waals surface area contributed by atoms with E-state index in [1.165, 1.54) is 25.7 Å². The van der Waals surface area contributed by atoms with Crippen molar-refractivity contribution in [3.8, 4) is 0 Å². The molecular formula is C11H26. The van der Waals surface area contributed by atoms with E-state index in [9.17, 15) is 0 Å². The Bertz CT molecular complexity index is 42.0. The van der Waals surface area contributed by atoms with Crippen LogP contribution >= 0.6 is 0 Å². The quantitative estimate of drug-likeness (QED) is 0.450. The Morgan fingerprint density at radius 2 is 1.27 bits per heavy atom. The molecule has 0 spiro atoms. The van der Waals surface area contributed by atoms with Crippen LogP contribution in [-0.2, 0) is 0 Å². The van der Waals surface area contributed by atoms with Crippen molar-refractivity contribution in [2.24, 2.45) is 5.92 Å². The molecule has 0 aromatic carbocycles. The topological polar surface area (TPSA) is 0 Å². The summed E-state index contributed by atoms with van der Waals surface area (Å²) in [6.07, 6.45) is 5.95. The average Bonchev–Trinajstić information content (AvgIpc) is 2.48. The van der Waals surface area contributed by atoms with Gasteiger partial charge in [0, 0.05) is 0 Å². The summed E-state index contributed by atoms with van der Waals surface area (Å²) >= 11 is 0. The van der Waals surface area contributed by atoms with Gasteiger partial charge in [0.05, 0.1) is 0 Å². The van der Waals surface area contributed by atoms with Gasteiger partial charge in [0.1, 0.15) is 0 Å². The number of rotatable bonds is 0. The summed E-state index contributed by atoms with van der Waals surface area (Å²) in [7, 11) is 0. The van der Waals surface area contributed by atoms with Crippen LogP contribution in [0.3, 0.4) is 0 Å². The summed E-state index contributed by atoms with van der Waals surface area (Å²) < 4.78 is 0. The maximum Gasteiger partial charge on any atom is -0.0443 e. The Hall–Kier alpha value is -0.260. The molecule has 1 aliphatic rings. The van der Waals surface area contributed by atoms with Crippen LogP contribution in [0.2, 0.25) is 0 Å². The summed E-state index contributed by atoms with van der Waals surface area (Å²) in [6, 6.07) is 0. The van der Waals surface area contributed by atoms with Crippen molar-refractivity contribution in [3.05, 3.63) is 13.2 Å². The first-order valence-corrected chi connectivity index (χ1v) is 4.39. The fraction of sp³-hybridized carbons (Fsp3) is 0.818. The second-order valence-electron chi connectivity index (χ2n) is 2.39. The van der Waals surface area contributed by atoms with Crippen molar-refractivity contribution in [1.29, 1.82) is 0 Å². The lowest BCUT2D eigenvalue weighted by Gasteiger charge is -1.91. The van der Waals surface area contributed by atoms with Crippen molar-refractivity contribution in [3.63, 3.8) is 0 Å². The number of hydrogen-bond donors (Lipinski definition) is 0. The molecule has 0 saturated heterocycles. The van der Waals surface area contributed by atoms with E-state index in [2.05, 4.69) is 20.1 Å². The van der Waals surface area contributed by atoms with Crippen molar-refractivity contribution in [2.75, 3.05) is 0 Å². The van der Waals surface area contributed by atoms with Gasteiger partial charge in [-0.25, -0.2) is 0 Å². The van der Waals surface area contributed by atoms with Crippen LogP contribution in [0.1, 0.15) is 53.9 Å². The molecule has 0 heteroatoms. The van der Waals surface area contributed by atoms with E-state index in [0.29, 0.717) is 0 Å². The molecule has 1 aliphatic carbocycles. The lowest BCUT2D eigenvalue weighted by atomic mass is 10.2. The van der Waals surface area contributed by atoms with E-state index >= 15 is 0 Å². The van der Waals surface area contributed by atoms with E-state index in [-0.39, 0.29) is 7.43 Å². The van der Waals surface area contributed by atoms with Crippen LogP contribution in [0.4, 0.5) is 0 Å². The van der Waals surface area contributed by atoms with Gasteiger partial charge in [-0.2, -0.15) is 0 Å². The third kappa shape index (κ3) is 12.8. The zero-order valence-electron chi connectivity index (χ0n) is 7.82. The maximum absolute atomic E-state index is 3.00. The Labute approximate surface area is 73.7 Å². The molecule has 0 aliphatic heterocycles. The molecule has 0 unspecified atom stereocenters. The van der Waals surface area contributed by atoms with Crippen molar-refractivity contribution < 1.29 is 0 Å². The van der Waals surface area contributed by atoms with Crippen molar-refractivity contribution >= 4 is 0 Å². The van der Waals surface area contributed by atoms with Crippen LogP contribution in [-0.4, -0.2) is 0 Å². The summed E-state index contributed by atoms with van der Waals surface area (Å²) in [6.45, 7) is 12.3. The summed E-state index contributed by atoms with van der Waals surface area (Å²) in [5, 5.41) is 0. The zero-order valence-corrected chi connectivity index (χ0v) is 7.82. The zero-order chi connectivity index (χ0) is 8.41. The predicted molar refractivity (Wildman–Crippen MR) is 57.0 cm³/mol. The van der Waals surface area contributed by atoms with Gasteiger partial charge >= 0.3 is 0 Å². The minimum Gasteiger partial charge on any atom is -0.106 e. The number of hydrogen-bond acceptors (Lipinski definition) is 0. The van der Waals surface area contributed by atoms with E-state index in [1.54, 1.807) is 0 Å². The lowest BCUT2D eigenvalue weighted by Crippen LogP contribution is -1.78. The third-order valence-corrected chi connectivity index (χ3v) is 1.64. The SMILES string of the molecule is C.C=C.CC.CC1CCCC1. The summed E-state index contributed by atoms with van der Waals surface area (Å²) in [4.78, 5) is 0. The largest absolute Gasteiger partial charge is 0.106 e. The van der Waals surface area contributed by atoms with Gasteiger partial charge < -0.3 is 0 Å². The van der Waals surface area contributed by atoms with Gasteiger partial charge in [-0.15, -0.1) is 13.2 Å². The van der Waals surface area contributed by atoms with Crippen LogP contribution in [0, 0.1) is 5.92 Å². The van der Waals surface area contributed by atoms with Gasteiger partial charge in [0.25, 0.3) is 0 Å². The van der Waals surface area contributed by atoms with Gasteiger partial charge in [-0.05, 0) is 5.92 Å². The Morgan fingerprint density at radius 1 is 1.00 bits per heavy atom. The first-order chi connectivity index (χ1) is 4.89. The van der Waals surface area contributed by atoms with Crippen molar-refractivity contribution in [2.45, 2.75) is 53.9 Å². The molecule has 0 nitrogen and oxygen atoms in total. The average molecular weight is 158 g/mol. The molecule has 11 heavy (non-hydrogen) atoms. The Kier molecular flexibility index (Phi) is 25.3. The third-order valence-electron chi connectivity index (χ3n) is 1.64. The van der Waals surface area contributed by atoms with Gasteiger partial charge in [-0.3, -0.25) is 0 Å². The molecule has 1 saturated carbocycles. The standard InChI is InChI=1S/C6H12.C2H6.C2H4.CH4/c1-6-4-2-3-5-6;2*1-2;/h6H,2-5H2,1H3;1-2H3;1-2H2;1H4. The fourth-order valence-electron chi connectivity index (χ4n) is 1.13. The van der Waals surface area contributed by atoms with Gasteiger partial charge in [-0.1, -0.05) is 53.9 Å². The molecule has 0 aromatic heterocycles. The molecule has 0 N–H and O–H groups in total. The highest BCUT2D eigenvalue weighted by Gasteiger charge is 2.07. The van der Waals surface area contributed by atoms with Crippen molar-refractivity contribution in [1.82, 2.24) is 0 Å². The Morgan fingerprint density at radius 3 is 1.36 bits per heavy atom. The van der Waals surface area contributed by atoms with E-state index in [4.69, 9.17) is 0 Å². The first-order valence-electron chi connectivity index (χ1n) is 4.39. The van der Waals surface area contributed by atoms with E-state index in [0.717, 1.165) is 5.92 Å². The van der Waals surface area contributed by atoms with Crippen LogP contribution in [0.25, 0.3) is 0 Å². The highest BCUT2D eigenvalue weighted by molar-refractivity contribution is 4.60. The molecule has 70 valence electrons. The van der Waals surface area contributed by atoms with E-state index in [1.807, 2.05) is 13.8 Å². The van der Waals surface area contributed by atoms with Crippen LogP contribution in [0.5, 0.6) is 0 Å². The molecule has 0 atom stereocenters. The summed E-state index contributed by atoms with van der Waals surface area (Å²) in [5.41, 5.74) is 0.